The maximum atomic E-state index is 14.4. The van der Waals surface area contributed by atoms with E-state index in [1.807, 2.05) is 32.6 Å². The predicted octanol–water partition coefficient (Wildman–Crippen LogP) is 4.42. The molecular weight excluding hydrogens is 394 g/mol. The zero-order valence-corrected chi connectivity index (χ0v) is 17.2. The first-order chi connectivity index (χ1) is 12.5. The van der Waals surface area contributed by atoms with Crippen LogP contribution in [0.5, 0.6) is 0 Å². The van der Waals surface area contributed by atoms with Crippen LogP contribution in [0, 0.1) is 11.2 Å². The van der Waals surface area contributed by atoms with E-state index in [0.29, 0.717) is 30.7 Å². The van der Waals surface area contributed by atoms with E-state index >= 15 is 0 Å². The number of ether oxygens (including phenoxy) is 1. The van der Waals surface area contributed by atoms with Crippen molar-refractivity contribution in [3.05, 3.63) is 22.5 Å². The Hall–Kier alpha value is -1.73. The van der Waals surface area contributed by atoms with E-state index in [9.17, 15) is 9.18 Å². The summed E-state index contributed by atoms with van der Waals surface area (Å²) in [6.45, 7) is 8.40. The van der Waals surface area contributed by atoms with E-state index in [1.165, 1.54) is 6.20 Å². The monoisotopic (exact) mass is 414 g/mol. The minimum absolute atomic E-state index is 0.00884. The minimum Gasteiger partial charge on any atom is -0.459 e. The van der Waals surface area contributed by atoms with Crippen LogP contribution < -0.4 is 4.90 Å². The second-order valence-electron chi connectivity index (χ2n) is 8.03. The summed E-state index contributed by atoms with van der Waals surface area (Å²) in [7, 11) is 0. The third-order valence-electron chi connectivity index (χ3n) is 4.48. The van der Waals surface area contributed by atoms with Crippen molar-refractivity contribution in [3.8, 4) is 0 Å². The molecule has 2 aromatic rings. The molecule has 27 heavy (non-hydrogen) atoms. The molecule has 1 saturated heterocycles. The molecule has 0 aliphatic carbocycles. The first-order valence-electron chi connectivity index (χ1n) is 8.66. The fraction of sp³-hybridized carbons (Fsp3) is 0.556. The zero-order valence-electron chi connectivity index (χ0n) is 15.6. The van der Waals surface area contributed by atoms with Gasteiger partial charge in [0.2, 0.25) is 5.28 Å². The van der Waals surface area contributed by atoms with Gasteiger partial charge in [-0.1, -0.05) is 11.6 Å². The molecule has 0 bridgehead atoms. The Kier molecular flexibility index (Phi) is 5.20. The SMILES string of the molecule is CC(C)(C)OC(=O)C1(C)CCCN(c2nc(Cl)nc3c(F)c(Cl)ncc23)C1. The topological polar surface area (TPSA) is 68.2 Å². The summed E-state index contributed by atoms with van der Waals surface area (Å²) in [4.78, 5) is 26.7. The van der Waals surface area contributed by atoms with Crippen molar-refractivity contribution in [2.75, 3.05) is 18.0 Å². The average Bonchev–Trinajstić information content (AvgIpc) is 2.56. The molecule has 1 aliphatic heterocycles. The number of fused-ring (bicyclic) bond motifs is 1. The van der Waals surface area contributed by atoms with Gasteiger partial charge in [0, 0.05) is 19.3 Å². The van der Waals surface area contributed by atoms with E-state index < -0.39 is 16.8 Å². The fourth-order valence-electron chi connectivity index (χ4n) is 3.22. The van der Waals surface area contributed by atoms with Gasteiger partial charge in [-0.15, -0.1) is 0 Å². The summed E-state index contributed by atoms with van der Waals surface area (Å²) >= 11 is 11.8. The number of hydrogen-bond acceptors (Lipinski definition) is 6. The summed E-state index contributed by atoms with van der Waals surface area (Å²) in [5, 5.41) is 0.0263. The molecule has 1 unspecified atom stereocenters. The largest absolute Gasteiger partial charge is 0.459 e. The van der Waals surface area contributed by atoms with Crippen molar-refractivity contribution in [2.24, 2.45) is 5.41 Å². The number of piperidine rings is 1. The number of carbonyl (C=O) groups excluding carboxylic acids is 1. The van der Waals surface area contributed by atoms with Crippen molar-refractivity contribution < 1.29 is 13.9 Å². The van der Waals surface area contributed by atoms with Crippen LogP contribution in [-0.4, -0.2) is 39.6 Å². The van der Waals surface area contributed by atoms with Crippen molar-refractivity contribution in [1.29, 1.82) is 0 Å². The quantitative estimate of drug-likeness (QED) is 0.411. The number of nitrogens with zero attached hydrogens (tertiary/aromatic N) is 4. The van der Waals surface area contributed by atoms with Crippen LogP contribution in [0.4, 0.5) is 10.2 Å². The lowest BCUT2D eigenvalue weighted by molar-refractivity contribution is -0.167. The fourth-order valence-corrected chi connectivity index (χ4v) is 3.52. The third kappa shape index (κ3) is 4.09. The standard InChI is InChI=1S/C18H21Cl2FN4O2/c1-17(2,3)27-15(26)18(4)6-5-7-25(9-18)14-10-8-22-13(19)11(21)12(10)23-16(20)24-14/h8H,5-7,9H2,1-4H3. The first kappa shape index (κ1) is 20.0. The van der Waals surface area contributed by atoms with Crippen molar-refractivity contribution in [3.63, 3.8) is 0 Å². The van der Waals surface area contributed by atoms with Crippen molar-refractivity contribution in [1.82, 2.24) is 15.0 Å². The summed E-state index contributed by atoms with van der Waals surface area (Å²) in [6, 6.07) is 0. The van der Waals surface area contributed by atoms with Gasteiger partial charge in [0.05, 0.1) is 10.8 Å². The highest BCUT2D eigenvalue weighted by Crippen LogP contribution is 2.37. The van der Waals surface area contributed by atoms with Gasteiger partial charge in [-0.05, 0) is 52.1 Å². The Labute approximate surface area is 167 Å². The van der Waals surface area contributed by atoms with Crippen LogP contribution in [0.1, 0.15) is 40.5 Å². The molecular formula is C18H21Cl2FN4O2. The van der Waals surface area contributed by atoms with Gasteiger partial charge in [-0.25, -0.2) is 14.4 Å². The molecule has 0 saturated carbocycles. The van der Waals surface area contributed by atoms with E-state index in [-0.39, 0.29) is 21.9 Å². The molecule has 0 N–H and O–H groups in total. The highest BCUT2D eigenvalue weighted by molar-refractivity contribution is 6.30. The molecule has 9 heteroatoms. The van der Waals surface area contributed by atoms with Crippen LogP contribution in [0.3, 0.4) is 0 Å². The molecule has 1 atom stereocenters. The molecule has 1 fully saturated rings. The normalized spacial score (nSPS) is 20.8. The smallest absolute Gasteiger partial charge is 0.314 e. The lowest BCUT2D eigenvalue weighted by Crippen LogP contribution is -2.48. The molecule has 6 nitrogen and oxygen atoms in total. The number of pyridine rings is 1. The Morgan fingerprint density at radius 2 is 2.04 bits per heavy atom. The van der Waals surface area contributed by atoms with E-state index in [2.05, 4.69) is 15.0 Å². The average molecular weight is 415 g/mol. The van der Waals surface area contributed by atoms with Crippen LogP contribution in [0.2, 0.25) is 10.4 Å². The number of hydrogen-bond donors (Lipinski definition) is 0. The Morgan fingerprint density at radius 1 is 1.33 bits per heavy atom. The van der Waals surface area contributed by atoms with E-state index in [4.69, 9.17) is 27.9 Å². The Balaban J connectivity index is 1.99. The summed E-state index contributed by atoms with van der Waals surface area (Å²) in [5.74, 6) is -0.578. The summed E-state index contributed by atoms with van der Waals surface area (Å²) < 4.78 is 20.0. The number of halogens is 3. The van der Waals surface area contributed by atoms with Crippen molar-refractivity contribution >= 4 is 45.9 Å². The van der Waals surface area contributed by atoms with Gasteiger partial charge >= 0.3 is 5.97 Å². The first-order valence-corrected chi connectivity index (χ1v) is 9.41. The highest BCUT2D eigenvalue weighted by atomic mass is 35.5. The summed E-state index contributed by atoms with van der Waals surface area (Å²) in [6.07, 6.45) is 2.86. The van der Waals surface area contributed by atoms with Gasteiger partial charge < -0.3 is 9.64 Å². The number of aromatic nitrogens is 3. The molecule has 1 aliphatic rings. The predicted molar refractivity (Wildman–Crippen MR) is 103 cm³/mol. The highest BCUT2D eigenvalue weighted by Gasteiger charge is 2.41. The van der Waals surface area contributed by atoms with Crippen LogP contribution in [0.15, 0.2) is 6.20 Å². The van der Waals surface area contributed by atoms with Crippen molar-refractivity contribution in [2.45, 2.75) is 46.1 Å². The van der Waals surface area contributed by atoms with Crippen LogP contribution in [-0.2, 0) is 9.53 Å². The maximum absolute atomic E-state index is 14.4. The molecule has 3 rings (SSSR count). The van der Waals surface area contributed by atoms with E-state index in [0.717, 1.165) is 6.42 Å². The van der Waals surface area contributed by atoms with E-state index in [1.54, 1.807) is 0 Å². The van der Waals surface area contributed by atoms with Gasteiger partial charge in [0.1, 0.15) is 16.9 Å². The Morgan fingerprint density at radius 3 is 2.70 bits per heavy atom. The molecule has 2 aromatic heterocycles. The molecule has 146 valence electrons. The Bertz CT molecular complexity index is 903. The van der Waals surface area contributed by atoms with Crippen LogP contribution >= 0.6 is 23.2 Å². The molecule has 0 amide bonds. The maximum Gasteiger partial charge on any atom is 0.314 e. The third-order valence-corrected chi connectivity index (χ3v) is 4.91. The van der Waals surface area contributed by atoms with Gasteiger partial charge in [0.15, 0.2) is 11.0 Å². The number of anilines is 1. The van der Waals surface area contributed by atoms with Gasteiger partial charge in [-0.3, -0.25) is 4.79 Å². The van der Waals surface area contributed by atoms with Gasteiger partial charge in [0.25, 0.3) is 0 Å². The number of esters is 1. The number of carbonyl (C=O) groups is 1. The molecule has 0 radical (unpaired) electrons. The zero-order chi connectivity index (χ0) is 20.0. The van der Waals surface area contributed by atoms with Gasteiger partial charge in [-0.2, -0.15) is 4.98 Å². The lowest BCUT2D eigenvalue weighted by Gasteiger charge is -2.40. The van der Waals surface area contributed by atoms with Crippen LogP contribution in [0.25, 0.3) is 10.9 Å². The molecule has 3 heterocycles. The second kappa shape index (κ2) is 7.02. The molecule has 0 spiro atoms. The lowest BCUT2D eigenvalue weighted by atomic mass is 9.81. The summed E-state index contributed by atoms with van der Waals surface area (Å²) in [5.41, 5.74) is -1.28. The second-order valence-corrected chi connectivity index (χ2v) is 8.73. The number of rotatable bonds is 2. The molecule has 0 aromatic carbocycles. The minimum atomic E-state index is -0.744.